The molecule has 0 bridgehead atoms. The van der Waals surface area contributed by atoms with Gasteiger partial charge < -0.3 is 9.84 Å². The highest BCUT2D eigenvalue weighted by Gasteiger charge is 2.20. The van der Waals surface area contributed by atoms with Crippen molar-refractivity contribution >= 4 is 11.5 Å². The minimum atomic E-state index is -0.467. The smallest absolute Gasteiger partial charge is 0.0943 e. The van der Waals surface area contributed by atoms with Crippen LogP contribution in [0.1, 0.15) is 30.0 Å². The molecule has 0 aliphatic rings. The zero-order chi connectivity index (χ0) is 10.6. The molecule has 2 unspecified atom stereocenters. The third-order valence-electron chi connectivity index (χ3n) is 2.27. The molecule has 1 N–H and O–H groups in total. The molecule has 0 amide bonds. The first kappa shape index (κ1) is 11.6. The number of aromatic nitrogens is 2. The summed E-state index contributed by atoms with van der Waals surface area (Å²) in [4.78, 5) is 0.869. The number of nitrogens with zero attached hydrogens (tertiary/aromatic N) is 2. The Hall–Kier alpha value is -0.520. The molecule has 2 atom stereocenters. The van der Waals surface area contributed by atoms with Crippen LogP contribution in [0.15, 0.2) is 0 Å². The molecule has 4 nitrogen and oxygen atoms in total. The van der Waals surface area contributed by atoms with E-state index in [0.717, 1.165) is 17.0 Å². The Kier molecular flexibility index (Phi) is 4.44. The molecular formula is C9H16N2O2S. The first-order valence-electron chi connectivity index (χ1n) is 4.62. The van der Waals surface area contributed by atoms with Gasteiger partial charge in [0.25, 0.3) is 0 Å². The van der Waals surface area contributed by atoms with E-state index < -0.39 is 6.10 Å². The summed E-state index contributed by atoms with van der Waals surface area (Å²) in [5, 5.41) is 13.8. The Morgan fingerprint density at radius 1 is 1.57 bits per heavy atom. The van der Waals surface area contributed by atoms with Gasteiger partial charge in [-0.25, -0.2) is 0 Å². The molecule has 0 radical (unpaired) electrons. The van der Waals surface area contributed by atoms with Crippen molar-refractivity contribution < 1.29 is 9.84 Å². The van der Waals surface area contributed by atoms with Crippen molar-refractivity contribution in [1.29, 1.82) is 0 Å². The van der Waals surface area contributed by atoms with Gasteiger partial charge >= 0.3 is 0 Å². The van der Waals surface area contributed by atoms with Crippen LogP contribution in [-0.4, -0.2) is 28.4 Å². The van der Waals surface area contributed by atoms with E-state index in [1.54, 1.807) is 7.11 Å². The third-order valence-corrected chi connectivity index (χ3v) is 3.17. The maximum atomic E-state index is 9.96. The normalized spacial score (nSPS) is 15.4. The van der Waals surface area contributed by atoms with E-state index in [1.165, 1.54) is 11.5 Å². The molecule has 1 heterocycles. The Balaban J connectivity index is 2.56. The number of rotatable bonds is 5. The summed E-state index contributed by atoms with van der Waals surface area (Å²) < 4.78 is 8.78. The quantitative estimate of drug-likeness (QED) is 0.811. The standard InChI is InChI=1S/C9H16N2O2S/c1-6(4-5-13-3)8(12)9-7(2)10-11-14-9/h6,8,12H,4-5H2,1-3H3. The molecule has 5 heteroatoms. The van der Waals surface area contributed by atoms with Crippen LogP contribution in [0.2, 0.25) is 0 Å². The molecule has 0 spiro atoms. The summed E-state index contributed by atoms with van der Waals surface area (Å²) in [6.07, 6.45) is 0.375. The van der Waals surface area contributed by atoms with Crippen molar-refractivity contribution in [3.05, 3.63) is 10.6 Å². The fraction of sp³-hybridized carbons (Fsp3) is 0.778. The Morgan fingerprint density at radius 2 is 2.29 bits per heavy atom. The number of aliphatic hydroxyl groups is 1. The van der Waals surface area contributed by atoms with Crippen molar-refractivity contribution in [3.63, 3.8) is 0 Å². The maximum absolute atomic E-state index is 9.96. The SMILES string of the molecule is COCCC(C)C(O)c1snnc1C. The molecule has 0 saturated carbocycles. The molecule has 0 aliphatic carbocycles. The van der Waals surface area contributed by atoms with E-state index in [4.69, 9.17) is 4.74 Å². The van der Waals surface area contributed by atoms with Crippen LogP contribution >= 0.6 is 11.5 Å². The highest BCUT2D eigenvalue weighted by atomic mass is 32.1. The lowest BCUT2D eigenvalue weighted by Gasteiger charge is -2.16. The lowest BCUT2D eigenvalue weighted by molar-refractivity contribution is 0.0906. The van der Waals surface area contributed by atoms with E-state index in [0.29, 0.717) is 6.61 Å². The number of ether oxygens (including phenoxy) is 1. The molecule has 0 aliphatic heterocycles. The zero-order valence-corrected chi connectivity index (χ0v) is 9.54. The van der Waals surface area contributed by atoms with Crippen molar-refractivity contribution in [3.8, 4) is 0 Å². The minimum Gasteiger partial charge on any atom is -0.387 e. The molecule has 1 aromatic heterocycles. The van der Waals surface area contributed by atoms with E-state index >= 15 is 0 Å². The van der Waals surface area contributed by atoms with Crippen molar-refractivity contribution in [1.82, 2.24) is 9.59 Å². The van der Waals surface area contributed by atoms with E-state index in [1.807, 2.05) is 13.8 Å². The third kappa shape index (κ3) is 2.73. The molecule has 14 heavy (non-hydrogen) atoms. The van der Waals surface area contributed by atoms with Crippen LogP contribution in [0.3, 0.4) is 0 Å². The second-order valence-electron chi connectivity index (χ2n) is 3.43. The van der Waals surface area contributed by atoms with E-state index in [9.17, 15) is 5.11 Å². The average molecular weight is 216 g/mol. The number of methoxy groups -OCH3 is 1. The zero-order valence-electron chi connectivity index (χ0n) is 8.73. The largest absolute Gasteiger partial charge is 0.387 e. The Bertz CT molecular complexity index is 278. The Labute approximate surface area is 88.1 Å². The summed E-state index contributed by atoms with van der Waals surface area (Å²) in [6, 6.07) is 0. The topological polar surface area (TPSA) is 55.2 Å². The molecule has 0 aromatic carbocycles. The van der Waals surface area contributed by atoms with Gasteiger partial charge in [0.1, 0.15) is 0 Å². The summed E-state index contributed by atoms with van der Waals surface area (Å²) in [7, 11) is 1.67. The summed E-state index contributed by atoms with van der Waals surface area (Å²) >= 11 is 1.27. The van der Waals surface area contributed by atoms with Crippen molar-refractivity contribution in [2.45, 2.75) is 26.4 Å². The van der Waals surface area contributed by atoms with E-state index in [-0.39, 0.29) is 5.92 Å². The average Bonchev–Trinajstić information content (AvgIpc) is 2.59. The van der Waals surface area contributed by atoms with Crippen LogP contribution in [0.4, 0.5) is 0 Å². The van der Waals surface area contributed by atoms with Gasteiger partial charge in [0.15, 0.2) is 0 Å². The number of hydrogen-bond donors (Lipinski definition) is 1. The fourth-order valence-corrected chi connectivity index (χ4v) is 1.99. The predicted octanol–water partition coefficient (Wildman–Crippen LogP) is 1.55. The first-order valence-corrected chi connectivity index (χ1v) is 5.40. The lowest BCUT2D eigenvalue weighted by Crippen LogP contribution is -2.11. The van der Waals surface area contributed by atoms with Gasteiger partial charge in [0, 0.05) is 13.7 Å². The van der Waals surface area contributed by atoms with Crippen LogP contribution in [0, 0.1) is 12.8 Å². The minimum absolute atomic E-state index is 0.177. The molecule has 0 saturated heterocycles. The highest BCUT2D eigenvalue weighted by Crippen LogP contribution is 2.28. The van der Waals surface area contributed by atoms with Gasteiger partial charge in [-0.15, -0.1) is 5.10 Å². The van der Waals surface area contributed by atoms with Crippen molar-refractivity contribution in [2.24, 2.45) is 5.92 Å². The van der Waals surface area contributed by atoms with Crippen LogP contribution in [0.25, 0.3) is 0 Å². The van der Waals surface area contributed by atoms with Gasteiger partial charge in [0.2, 0.25) is 0 Å². The molecular weight excluding hydrogens is 200 g/mol. The van der Waals surface area contributed by atoms with Gasteiger partial charge in [0.05, 0.1) is 16.7 Å². The second kappa shape index (κ2) is 5.38. The van der Waals surface area contributed by atoms with E-state index in [2.05, 4.69) is 9.59 Å². The van der Waals surface area contributed by atoms with Crippen LogP contribution in [-0.2, 0) is 4.74 Å². The van der Waals surface area contributed by atoms with Crippen molar-refractivity contribution in [2.75, 3.05) is 13.7 Å². The Morgan fingerprint density at radius 3 is 2.79 bits per heavy atom. The molecule has 0 fully saturated rings. The van der Waals surface area contributed by atoms with Gasteiger partial charge in [-0.05, 0) is 30.8 Å². The maximum Gasteiger partial charge on any atom is 0.0943 e. The van der Waals surface area contributed by atoms with Gasteiger partial charge in [-0.2, -0.15) is 0 Å². The number of aliphatic hydroxyl groups excluding tert-OH is 1. The summed E-state index contributed by atoms with van der Waals surface area (Å²) in [5.74, 6) is 0.177. The first-order chi connectivity index (χ1) is 6.66. The molecule has 1 aromatic rings. The summed E-state index contributed by atoms with van der Waals surface area (Å²) in [5.41, 5.74) is 0.826. The summed E-state index contributed by atoms with van der Waals surface area (Å²) in [6.45, 7) is 4.54. The number of hydrogen-bond acceptors (Lipinski definition) is 5. The molecule has 80 valence electrons. The van der Waals surface area contributed by atoms with Crippen LogP contribution in [0.5, 0.6) is 0 Å². The second-order valence-corrected chi connectivity index (χ2v) is 4.21. The molecule has 1 rings (SSSR count). The van der Waals surface area contributed by atoms with Gasteiger partial charge in [-0.3, -0.25) is 0 Å². The predicted molar refractivity (Wildman–Crippen MR) is 55.3 cm³/mol. The fourth-order valence-electron chi connectivity index (χ4n) is 1.23. The highest BCUT2D eigenvalue weighted by molar-refractivity contribution is 7.05. The van der Waals surface area contributed by atoms with Crippen LogP contribution < -0.4 is 0 Å². The number of aryl methyl sites for hydroxylation is 1. The lowest BCUT2D eigenvalue weighted by atomic mass is 9.99. The van der Waals surface area contributed by atoms with Gasteiger partial charge in [-0.1, -0.05) is 11.4 Å². The monoisotopic (exact) mass is 216 g/mol.